The molecule has 0 saturated carbocycles. The second-order valence-electron chi connectivity index (χ2n) is 11.0. The van der Waals surface area contributed by atoms with Gasteiger partial charge in [-0.2, -0.15) is 5.10 Å². The summed E-state index contributed by atoms with van der Waals surface area (Å²) in [6.45, 7) is 8.86. The second-order valence-corrected chi connectivity index (χ2v) is 11.0. The summed E-state index contributed by atoms with van der Waals surface area (Å²) in [5, 5.41) is 5.90. The second kappa shape index (κ2) is 9.29. The van der Waals surface area contributed by atoms with E-state index in [1.807, 2.05) is 10.9 Å². The Kier molecular flexibility index (Phi) is 5.99. The molecule has 2 atom stereocenters. The molecule has 2 saturated heterocycles. The van der Waals surface area contributed by atoms with Crippen molar-refractivity contribution in [2.24, 2.45) is 5.92 Å². The molecule has 0 spiro atoms. The van der Waals surface area contributed by atoms with E-state index in [1.54, 1.807) is 0 Å². The van der Waals surface area contributed by atoms with E-state index in [2.05, 4.69) is 95.4 Å². The molecule has 4 heterocycles. The largest absolute Gasteiger partial charge is 0.357 e. The number of ether oxygens (including phenoxy) is 1. The Labute approximate surface area is 208 Å². The summed E-state index contributed by atoms with van der Waals surface area (Å²) < 4.78 is 10.3. The van der Waals surface area contributed by atoms with Crippen molar-refractivity contribution in [2.75, 3.05) is 13.2 Å². The summed E-state index contributed by atoms with van der Waals surface area (Å²) in [5.74, 6) is 0.651. The van der Waals surface area contributed by atoms with Gasteiger partial charge in [0, 0.05) is 60.6 Å². The lowest BCUT2D eigenvalue weighted by Crippen LogP contribution is -2.37. The summed E-state index contributed by atoms with van der Waals surface area (Å²) in [6.07, 6.45) is 11.1. The molecular formula is C30H36N4O. The number of benzene rings is 2. The summed E-state index contributed by atoms with van der Waals surface area (Å²) in [6, 6.07) is 19.9. The van der Waals surface area contributed by atoms with E-state index in [4.69, 9.17) is 4.74 Å². The van der Waals surface area contributed by atoms with Crippen molar-refractivity contribution in [3.8, 4) is 11.1 Å². The van der Waals surface area contributed by atoms with Gasteiger partial charge >= 0.3 is 0 Å². The van der Waals surface area contributed by atoms with Crippen LogP contribution in [0.4, 0.5) is 0 Å². The molecule has 0 bridgehead atoms. The molecule has 2 aromatic heterocycles. The number of hydrogen-bond donors (Lipinski definition) is 0. The first-order valence-electron chi connectivity index (χ1n) is 13.1. The van der Waals surface area contributed by atoms with Gasteiger partial charge in [0.15, 0.2) is 0 Å². The van der Waals surface area contributed by atoms with Crippen molar-refractivity contribution in [2.45, 2.75) is 64.4 Å². The molecule has 2 aliphatic heterocycles. The van der Waals surface area contributed by atoms with Gasteiger partial charge in [-0.05, 0) is 74.8 Å². The van der Waals surface area contributed by atoms with Gasteiger partial charge < -0.3 is 9.30 Å². The monoisotopic (exact) mass is 468 g/mol. The predicted octanol–water partition coefficient (Wildman–Crippen LogP) is 6.50. The molecule has 0 aliphatic carbocycles. The first-order valence-corrected chi connectivity index (χ1v) is 13.1. The topological polar surface area (TPSA) is 35.2 Å². The zero-order valence-corrected chi connectivity index (χ0v) is 20.9. The number of aromatic nitrogens is 3. The summed E-state index contributed by atoms with van der Waals surface area (Å²) in [7, 11) is 0. The highest BCUT2D eigenvalue weighted by Crippen LogP contribution is 2.36. The van der Waals surface area contributed by atoms with E-state index in [1.165, 1.54) is 34.9 Å². The molecule has 5 nitrogen and oxygen atoms in total. The third kappa shape index (κ3) is 4.67. The van der Waals surface area contributed by atoms with E-state index in [0.717, 1.165) is 44.6 Å². The SMILES string of the molecule is CC1(C)CC(Cn2ccc3cc(-c4cnn(C5CCCCO5)c4)ccc32)CN1Cc1ccccc1. The lowest BCUT2D eigenvalue weighted by Gasteiger charge is -2.31. The number of nitrogens with zero attached hydrogens (tertiary/aromatic N) is 4. The van der Waals surface area contributed by atoms with E-state index >= 15 is 0 Å². The number of hydrogen-bond acceptors (Lipinski definition) is 3. The van der Waals surface area contributed by atoms with Crippen molar-refractivity contribution < 1.29 is 4.74 Å². The molecule has 182 valence electrons. The number of fused-ring (bicyclic) bond motifs is 1. The zero-order chi connectivity index (χ0) is 23.8. The van der Waals surface area contributed by atoms with Crippen molar-refractivity contribution in [1.82, 2.24) is 19.2 Å². The average molecular weight is 469 g/mol. The number of likely N-dealkylation sites (tertiary alicyclic amines) is 1. The highest BCUT2D eigenvalue weighted by Gasteiger charge is 2.38. The maximum atomic E-state index is 5.90. The fourth-order valence-corrected chi connectivity index (χ4v) is 6.06. The molecule has 2 fully saturated rings. The highest BCUT2D eigenvalue weighted by atomic mass is 16.5. The molecule has 2 aromatic carbocycles. The fourth-order valence-electron chi connectivity index (χ4n) is 6.06. The van der Waals surface area contributed by atoms with Gasteiger partial charge in [-0.1, -0.05) is 36.4 Å². The van der Waals surface area contributed by atoms with Crippen LogP contribution in [-0.4, -0.2) is 37.9 Å². The van der Waals surface area contributed by atoms with E-state index < -0.39 is 0 Å². The number of rotatable bonds is 6. The van der Waals surface area contributed by atoms with Crippen LogP contribution < -0.4 is 0 Å². The van der Waals surface area contributed by atoms with Gasteiger partial charge in [0.25, 0.3) is 0 Å². The smallest absolute Gasteiger partial charge is 0.150 e. The molecule has 6 rings (SSSR count). The predicted molar refractivity (Wildman–Crippen MR) is 141 cm³/mol. The standard InChI is InChI=1S/C30H36N4O/c1-30(2)17-24(21-33(30)20-23-8-4-3-5-9-23)19-32-14-13-26-16-25(11-12-28(26)32)27-18-31-34(22-27)29-10-6-7-15-35-29/h3-5,8-9,11-14,16,18,22,24,29H,6-7,10,15,17,19-21H2,1-2H3. The van der Waals surface area contributed by atoms with Crippen LogP contribution in [0.25, 0.3) is 22.0 Å². The summed E-state index contributed by atoms with van der Waals surface area (Å²) >= 11 is 0. The Morgan fingerprint density at radius 3 is 2.74 bits per heavy atom. The molecule has 0 radical (unpaired) electrons. The maximum Gasteiger partial charge on any atom is 0.150 e. The van der Waals surface area contributed by atoms with E-state index in [0.29, 0.717) is 5.92 Å². The summed E-state index contributed by atoms with van der Waals surface area (Å²) in [5.41, 5.74) is 5.31. The molecule has 5 heteroatoms. The van der Waals surface area contributed by atoms with Crippen molar-refractivity contribution in [1.29, 1.82) is 0 Å². The first kappa shape index (κ1) is 22.6. The fraction of sp³-hybridized carbons (Fsp3) is 0.433. The van der Waals surface area contributed by atoms with Gasteiger partial charge in [-0.15, -0.1) is 0 Å². The van der Waals surface area contributed by atoms with Gasteiger partial charge in [0.1, 0.15) is 6.23 Å². The summed E-state index contributed by atoms with van der Waals surface area (Å²) in [4.78, 5) is 2.66. The molecule has 2 aliphatic rings. The van der Waals surface area contributed by atoms with Crippen molar-refractivity contribution in [3.05, 3.63) is 78.8 Å². The molecule has 2 unspecified atom stereocenters. The van der Waals surface area contributed by atoms with E-state index in [9.17, 15) is 0 Å². The lowest BCUT2D eigenvalue weighted by atomic mass is 9.96. The van der Waals surface area contributed by atoms with Crippen molar-refractivity contribution in [3.63, 3.8) is 0 Å². The molecule has 35 heavy (non-hydrogen) atoms. The highest BCUT2D eigenvalue weighted by molar-refractivity contribution is 5.85. The van der Waals surface area contributed by atoms with Crippen LogP contribution in [0.2, 0.25) is 0 Å². The Hall–Kier alpha value is -2.89. The minimum atomic E-state index is 0.0828. The molecular weight excluding hydrogens is 432 g/mol. The zero-order valence-electron chi connectivity index (χ0n) is 20.9. The third-order valence-electron chi connectivity index (χ3n) is 7.95. The first-order chi connectivity index (χ1) is 17.0. The van der Waals surface area contributed by atoms with Crippen LogP contribution in [0.15, 0.2) is 73.2 Å². The van der Waals surface area contributed by atoms with Crippen molar-refractivity contribution >= 4 is 10.9 Å². The van der Waals surface area contributed by atoms with Crippen LogP contribution >= 0.6 is 0 Å². The quantitative estimate of drug-likeness (QED) is 0.324. The van der Waals surface area contributed by atoms with Crippen LogP contribution in [0.3, 0.4) is 0 Å². The minimum Gasteiger partial charge on any atom is -0.357 e. The molecule has 4 aromatic rings. The minimum absolute atomic E-state index is 0.0828. The molecule has 0 amide bonds. The normalized spacial score (nSPS) is 22.7. The third-order valence-corrected chi connectivity index (χ3v) is 7.95. The molecule has 0 N–H and O–H groups in total. The van der Waals surface area contributed by atoms with Gasteiger partial charge in [-0.25, -0.2) is 4.68 Å². The van der Waals surface area contributed by atoms with Crippen LogP contribution in [0.1, 0.15) is 51.3 Å². The Balaban J connectivity index is 1.16. The Morgan fingerprint density at radius 1 is 1.03 bits per heavy atom. The maximum absolute atomic E-state index is 5.90. The van der Waals surface area contributed by atoms with Crippen LogP contribution in [0, 0.1) is 5.92 Å². The van der Waals surface area contributed by atoms with Gasteiger partial charge in [0.2, 0.25) is 0 Å². The average Bonchev–Trinajstić information content (AvgIpc) is 3.58. The van der Waals surface area contributed by atoms with E-state index in [-0.39, 0.29) is 11.8 Å². The van der Waals surface area contributed by atoms with Gasteiger partial charge in [0.05, 0.1) is 6.20 Å². The Morgan fingerprint density at radius 2 is 1.91 bits per heavy atom. The van der Waals surface area contributed by atoms with Gasteiger partial charge in [-0.3, -0.25) is 4.90 Å². The lowest BCUT2D eigenvalue weighted by molar-refractivity contribution is -0.0394. The van der Waals surface area contributed by atoms with Crippen LogP contribution in [0.5, 0.6) is 0 Å². The van der Waals surface area contributed by atoms with Crippen LogP contribution in [-0.2, 0) is 17.8 Å². The Bertz CT molecular complexity index is 1280.